The summed E-state index contributed by atoms with van der Waals surface area (Å²) in [4.78, 5) is 16.3. The molecule has 0 unspecified atom stereocenters. The summed E-state index contributed by atoms with van der Waals surface area (Å²) in [7, 11) is 0. The van der Waals surface area contributed by atoms with Gasteiger partial charge in [0.15, 0.2) is 5.65 Å². The lowest BCUT2D eigenvalue weighted by molar-refractivity contribution is -0.116. The van der Waals surface area contributed by atoms with Gasteiger partial charge in [-0.15, -0.1) is 0 Å². The minimum absolute atomic E-state index is 0.0613. The lowest BCUT2D eigenvalue weighted by Crippen LogP contribution is -2.12. The van der Waals surface area contributed by atoms with Crippen LogP contribution >= 0.6 is 0 Å². The van der Waals surface area contributed by atoms with Crippen LogP contribution < -0.4 is 5.32 Å². The average molecular weight is 298 g/mol. The first-order valence-electron chi connectivity index (χ1n) is 7.29. The van der Waals surface area contributed by atoms with Gasteiger partial charge in [0, 0.05) is 24.3 Å². The van der Waals surface area contributed by atoms with Crippen molar-refractivity contribution < 1.29 is 9.21 Å². The van der Waals surface area contributed by atoms with Crippen molar-refractivity contribution in [2.45, 2.75) is 32.7 Å². The molecule has 0 atom stereocenters. The second-order valence-corrected chi connectivity index (χ2v) is 5.45. The van der Waals surface area contributed by atoms with Crippen LogP contribution in [-0.2, 0) is 11.2 Å². The predicted octanol–water partition coefficient (Wildman–Crippen LogP) is 3.18. The molecule has 22 heavy (non-hydrogen) atoms. The molecule has 0 fully saturated rings. The molecule has 0 spiro atoms. The van der Waals surface area contributed by atoms with E-state index >= 15 is 0 Å². The SMILES string of the molecule is CC(C)n1ncc2cc(NC(=O)CCc3ccco3)cnc21. The summed E-state index contributed by atoms with van der Waals surface area (Å²) in [6.45, 7) is 4.11. The Bertz CT molecular complexity index is 775. The zero-order valence-electron chi connectivity index (χ0n) is 12.6. The van der Waals surface area contributed by atoms with Crippen molar-refractivity contribution in [1.29, 1.82) is 0 Å². The van der Waals surface area contributed by atoms with E-state index in [0.29, 0.717) is 18.5 Å². The van der Waals surface area contributed by atoms with E-state index in [4.69, 9.17) is 4.42 Å². The van der Waals surface area contributed by atoms with Crippen LogP contribution in [-0.4, -0.2) is 20.7 Å². The summed E-state index contributed by atoms with van der Waals surface area (Å²) in [5.41, 5.74) is 1.50. The van der Waals surface area contributed by atoms with Crippen molar-refractivity contribution in [3.63, 3.8) is 0 Å². The highest BCUT2D eigenvalue weighted by Gasteiger charge is 2.09. The van der Waals surface area contributed by atoms with Crippen LogP contribution in [0.15, 0.2) is 41.3 Å². The van der Waals surface area contributed by atoms with E-state index in [1.165, 1.54) is 0 Å². The zero-order chi connectivity index (χ0) is 15.5. The minimum Gasteiger partial charge on any atom is -0.469 e. The second kappa shape index (κ2) is 6.01. The first kappa shape index (κ1) is 14.3. The molecule has 3 rings (SSSR count). The van der Waals surface area contributed by atoms with Gasteiger partial charge >= 0.3 is 0 Å². The summed E-state index contributed by atoms with van der Waals surface area (Å²) < 4.78 is 7.07. The highest BCUT2D eigenvalue weighted by atomic mass is 16.3. The molecule has 0 saturated heterocycles. The number of hydrogen-bond acceptors (Lipinski definition) is 4. The van der Waals surface area contributed by atoms with Gasteiger partial charge in [0.1, 0.15) is 5.76 Å². The summed E-state index contributed by atoms with van der Waals surface area (Å²) >= 11 is 0. The molecular formula is C16H18N4O2. The number of rotatable bonds is 5. The van der Waals surface area contributed by atoms with Gasteiger partial charge in [0.05, 0.1) is 24.3 Å². The van der Waals surface area contributed by atoms with Gasteiger partial charge in [0.2, 0.25) is 5.91 Å². The number of aryl methyl sites for hydroxylation is 1. The van der Waals surface area contributed by atoms with E-state index in [0.717, 1.165) is 16.8 Å². The molecule has 6 nitrogen and oxygen atoms in total. The molecule has 0 aromatic carbocycles. The number of aromatic nitrogens is 3. The van der Waals surface area contributed by atoms with E-state index in [1.54, 1.807) is 18.7 Å². The average Bonchev–Trinajstić information content (AvgIpc) is 3.14. The number of furan rings is 1. The Hall–Kier alpha value is -2.63. The van der Waals surface area contributed by atoms with E-state index in [9.17, 15) is 4.79 Å². The molecule has 0 aliphatic carbocycles. The molecule has 1 N–H and O–H groups in total. The van der Waals surface area contributed by atoms with E-state index in [-0.39, 0.29) is 11.9 Å². The molecule has 3 aromatic rings. The van der Waals surface area contributed by atoms with Gasteiger partial charge in [-0.25, -0.2) is 9.67 Å². The Balaban J connectivity index is 1.67. The molecule has 0 aliphatic heterocycles. The van der Waals surface area contributed by atoms with Gasteiger partial charge in [0.25, 0.3) is 0 Å². The molecule has 3 heterocycles. The van der Waals surface area contributed by atoms with E-state index in [1.807, 2.05) is 22.9 Å². The maximum atomic E-state index is 12.0. The standard InChI is InChI=1S/C16H18N4O2/c1-11(2)20-16-12(9-18-20)8-13(10-17-16)19-15(21)6-5-14-4-3-7-22-14/h3-4,7-11H,5-6H2,1-2H3,(H,19,21). The van der Waals surface area contributed by atoms with Crippen molar-refractivity contribution >= 4 is 22.6 Å². The maximum absolute atomic E-state index is 12.0. The lowest BCUT2D eigenvalue weighted by atomic mass is 10.2. The predicted molar refractivity (Wildman–Crippen MR) is 83.6 cm³/mol. The number of fused-ring (bicyclic) bond motifs is 1. The highest BCUT2D eigenvalue weighted by molar-refractivity contribution is 5.92. The monoisotopic (exact) mass is 298 g/mol. The van der Waals surface area contributed by atoms with Gasteiger partial charge in [-0.1, -0.05) is 0 Å². The lowest BCUT2D eigenvalue weighted by Gasteiger charge is -2.07. The Labute approximate surface area is 128 Å². The van der Waals surface area contributed by atoms with Gasteiger partial charge in [-0.3, -0.25) is 4.79 Å². The third-order valence-electron chi connectivity index (χ3n) is 3.38. The maximum Gasteiger partial charge on any atom is 0.224 e. The Morgan fingerprint density at radius 1 is 1.41 bits per heavy atom. The molecule has 6 heteroatoms. The first-order chi connectivity index (χ1) is 10.6. The molecule has 0 saturated carbocycles. The summed E-state index contributed by atoms with van der Waals surface area (Å²) in [5, 5.41) is 8.08. The normalized spacial score (nSPS) is 11.2. The highest BCUT2D eigenvalue weighted by Crippen LogP contribution is 2.19. The first-order valence-corrected chi connectivity index (χ1v) is 7.29. The van der Waals surface area contributed by atoms with Crippen molar-refractivity contribution in [3.05, 3.63) is 42.6 Å². The summed E-state index contributed by atoms with van der Waals surface area (Å²) in [5.74, 6) is 0.746. The van der Waals surface area contributed by atoms with Crippen molar-refractivity contribution in [3.8, 4) is 0 Å². The number of amides is 1. The van der Waals surface area contributed by atoms with Gasteiger partial charge in [-0.05, 0) is 32.0 Å². The molecular weight excluding hydrogens is 280 g/mol. The fraction of sp³-hybridized carbons (Fsp3) is 0.312. The zero-order valence-corrected chi connectivity index (χ0v) is 12.6. The number of hydrogen-bond donors (Lipinski definition) is 1. The van der Waals surface area contributed by atoms with E-state index in [2.05, 4.69) is 29.2 Å². The molecule has 114 valence electrons. The smallest absolute Gasteiger partial charge is 0.224 e. The Morgan fingerprint density at radius 3 is 3.00 bits per heavy atom. The van der Waals surface area contributed by atoms with Crippen LogP contribution in [0.25, 0.3) is 11.0 Å². The third-order valence-corrected chi connectivity index (χ3v) is 3.38. The number of pyridine rings is 1. The largest absolute Gasteiger partial charge is 0.469 e. The molecule has 1 amide bonds. The Morgan fingerprint density at radius 2 is 2.27 bits per heavy atom. The second-order valence-electron chi connectivity index (χ2n) is 5.45. The van der Waals surface area contributed by atoms with Crippen molar-refractivity contribution in [2.75, 3.05) is 5.32 Å². The fourth-order valence-electron chi connectivity index (χ4n) is 2.30. The number of nitrogens with zero attached hydrogens (tertiary/aromatic N) is 3. The number of carbonyl (C=O) groups excluding carboxylic acids is 1. The topological polar surface area (TPSA) is 73.0 Å². The molecule has 0 radical (unpaired) electrons. The van der Waals surface area contributed by atoms with E-state index < -0.39 is 0 Å². The minimum atomic E-state index is -0.0613. The van der Waals surface area contributed by atoms with Crippen LogP contribution in [0.3, 0.4) is 0 Å². The third kappa shape index (κ3) is 3.00. The number of nitrogens with one attached hydrogen (secondary N) is 1. The molecule has 0 bridgehead atoms. The number of anilines is 1. The fourth-order valence-corrected chi connectivity index (χ4v) is 2.30. The Kier molecular flexibility index (Phi) is 3.91. The van der Waals surface area contributed by atoms with Crippen LogP contribution in [0.1, 0.15) is 32.1 Å². The van der Waals surface area contributed by atoms with Crippen molar-refractivity contribution in [1.82, 2.24) is 14.8 Å². The van der Waals surface area contributed by atoms with Gasteiger partial charge < -0.3 is 9.73 Å². The molecule has 0 aliphatic rings. The van der Waals surface area contributed by atoms with Crippen LogP contribution in [0, 0.1) is 0 Å². The van der Waals surface area contributed by atoms with Crippen LogP contribution in [0.5, 0.6) is 0 Å². The summed E-state index contributed by atoms with van der Waals surface area (Å²) in [6, 6.07) is 5.82. The van der Waals surface area contributed by atoms with Crippen molar-refractivity contribution in [2.24, 2.45) is 0 Å². The molecule has 3 aromatic heterocycles. The quantitative estimate of drug-likeness (QED) is 0.785. The van der Waals surface area contributed by atoms with Gasteiger partial charge in [-0.2, -0.15) is 5.10 Å². The van der Waals surface area contributed by atoms with Crippen LogP contribution in [0.4, 0.5) is 5.69 Å². The van der Waals surface area contributed by atoms with Crippen LogP contribution in [0.2, 0.25) is 0 Å². The summed E-state index contributed by atoms with van der Waals surface area (Å²) in [6.07, 6.45) is 5.99. The number of carbonyl (C=O) groups is 1.